The summed E-state index contributed by atoms with van der Waals surface area (Å²) < 4.78 is 11.3. The van der Waals surface area contributed by atoms with E-state index in [0.717, 1.165) is 60.5 Å². The van der Waals surface area contributed by atoms with Crippen molar-refractivity contribution in [3.63, 3.8) is 0 Å². The first kappa shape index (κ1) is 36.6. The van der Waals surface area contributed by atoms with Gasteiger partial charge in [0.1, 0.15) is 11.2 Å². The van der Waals surface area contributed by atoms with E-state index in [1.807, 2.05) is 47.7 Å². The van der Waals surface area contributed by atoms with Gasteiger partial charge in [-0.15, -0.1) is 11.3 Å². The van der Waals surface area contributed by atoms with Gasteiger partial charge in [-0.2, -0.15) is 0 Å². The van der Waals surface area contributed by atoms with Crippen LogP contribution in [-0.2, 0) is 0 Å². The van der Waals surface area contributed by atoms with Crippen LogP contribution in [0, 0.1) is 0 Å². The summed E-state index contributed by atoms with van der Waals surface area (Å²) in [4.78, 5) is 15.5. The van der Waals surface area contributed by atoms with Crippen molar-refractivity contribution in [3.8, 4) is 56.4 Å². The molecular formula is C61H34N4OS. The van der Waals surface area contributed by atoms with Crippen molar-refractivity contribution in [2.45, 2.75) is 0 Å². The lowest BCUT2D eigenvalue weighted by molar-refractivity contribution is 0.669. The molecule has 5 aromatic heterocycles. The second kappa shape index (κ2) is 13.9. The molecule has 15 rings (SSSR count). The zero-order chi connectivity index (χ0) is 43.7. The first-order valence-electron chi connectivity index (χ1n) is 22.6. The monoisotopic (exact) mass is 870 g/mol. The fourth-order valence-electron chi connectivity index (χ4n) is 10.6. The van der Waals surface area contributed by atoms with Gasteiger partial charge in [-0.25, -0.2) is 15.0 Å². The average Bonchev–Trinajstić information content (AvgIpc) is 4.05. The zero-order valence-corrected chi connectivity index (χ0v) is 36.6. The summed E-state index contributed by atoms with van der Waals surface area (Å²) in [7, 11) is 0. The quantitative estimate of drug-likeness (QED) is 0.173. The lowest BCUT2D eigenvalue weighted by Gasteiger charge is -2.11. The largest absolute Gasteiger partial charge is 0.456 e. The molecule has 0 atom stereocenters. The first-order valence-corrected chi connectivity index (χ1v) is 23.4. The number of hydrogen-bond acceptors (Lipinski definition) is 5. The third-order valence-corrected chi connectivity index (χ3v) is 15.0. The summed E-state index contributed by atoms with van der Waals surface area (Å²) in [6.45, 7) is 0. The van der Waals surface area contributed by atoms with Crippen LogP contribution in [0.15, 0.2) is 211 Å². The SMILES string of the molecule is c1ccc(-c2ccc(-c3nc(-c4ccc5cc(-c6ccc7c8ccccc8n8c9ccccc9c9ccc%10sc6c7c%10c98)ccc5c4)nc(-c4ccc5oc6ccccc6c5c4)n3)cc2)cc1. The zero-order valence-electron chi connectivity index (χ0n) is 35.7. The van der Waals surface area contributed by atoms with Crippen LogP contribution < -0.4 is 0 Å². The smallest absolute Gasteiger partial charge is 0.164 e. The number of aromatic nitrogens is 4. The third kappa shape index (κ3) is 5.45. The van der Waals surface area contributed by atoms with E-state index in [1.165, 1.54) is 69.4 Å². The molecule has 310 valence electrons. The van der Waals surface area contributed by atoms with Crippen LogP contribution in [0.2, 0.25) is 0 Å². The molecule has 5 nitrogen and oxygen atoms in total. The van der Waals surface area contributed by atoms with E-state index < -0.39 is 0 Å². The molecular weight excluding hydrogens is 837 g/mol. The molecule has 5 heterocycles. The van der Waals surface area contributed by atoms with Gasteiger partial charge in [-0.05, 0) is 93.0 Å². The molecule has 6 heteroatoms. The van der Waals surface area contributed by atoms with Gasteiger partial charge < -0.3 is 8.82 Å². The minimum absolute atomic E-state index is 0.606. The number of fused-ring (bicyclic) bond motifs is 10. The molecule has 0 radical (unpaired) electrons. The number of benzene rings is 10. The Morgan fingerprint density at radius 3 is 1.69 bits per heavy atom. The highest BCUT2D eigenvalue weighted by Gasteiger charge is 2.22. The Labute approximate surface area is 386 Å². The molecule has 15 aromatic rings. The average molecular weight is 871 g/mol. The van der Waals surface area contributed by atoms with Crippen LogP contribution in [0.5, 0.6) is 0 Å². The minimum Gasteiger partial charge on any atom is -0.456 e. The standard InChI is InChI=1S/C61H34N4OS/c1-2-10-35(11-3-1)36-18-20-37(21-19-36)59-62-60(64-61(63-59)42-26-30-53-49(34-42)46-14-6-9-17-52(46)66-53)41-25-23-38-32-40(24-22-39(38)33-41)43-27-28-47-44-12-4-7-15-50(44)65-51-16-8-5-13-45(51)48-29-31-54-56(57(48)65)55(47)58(43)67-54/h1-34H. The maximum atomic E-state index is 6.19. The van der Waals surface area contributed by atoms with Gasteiger partial charge in [-0.1, -0.05) is 152 Å². The molecule has 0 fully saturated rings. The second-order valence-electron chi connectivity index (χ2n) is 17.5. The molecule has 0 aliphatic heterocycles. The van der Waals surface area contributed by atoms with E-state index >= 15 is 0 Å². The highest BCUT2D eigenvalue weighted by Crippen LogP contribution is 2.49. The van der Waals surface area contributed by atoms with Crippen LogP contribution in [0.25, 0.3) is 147 Å². The van der Waals surface area contributed by atoms with Crippen LogP contribution in [0.4, 0.5) is 0 Å². The lowest BCUT2D eigenvalue weighted by atomic mass is 9.96. The fraction of sp³-hybridized carbons (Fsp3) is 0. The van der Waals surface area contributed by atoms with E-state index in [9.17, 15) is 0 Å². The first-order chi connectivity index (χ1) is 33.2. The van der Waals surface area contributed by atoms with E-state index in [2.05, 4.69) is 174 Å². The van der Waals surface area contributed by atoms with Crippen molar-refractivity contribution in [3.05, 3.63) is 206 Å². The van der Waals surface area contributed by atoms with Crippen molar-refractivity contribution >= 4 is 102 Å². The minimum atomic E-state index is 0.606. The van der Waals surface area contributed by atoms with Crippen molar-refractivity contribution < 1.29 is 4.42 Å². The fourth-order valence-corrected chi connectivity index (χ4v) is 11.9. The van der Waals surface area contributed by atoms with Gasteiger partial charge in [0.25, 0.3) is 0 Å². The van der Waals surface area contributed by atoms with Gasteiger partial charge in [0.15, 0.2) is 17.5 Å². The van der Waals surface area contributed by atoms with Gasteiger partial charge >= 0.3 is 0 Å². The van der Waals surface area contributed by atoms with Crippen LogP contribution in [0.1, 0.15) is 0 Å². The van der Waals surface area contributed by atoms with E-state index in [-0.39, 0.29) is 0 Å². The summed E-state index contributed by atoms with van der Waals surface area (Å²) in [5.74, 6) is 1.84. The highest BCUT2D eigenvalue weighted by atomic mass is 32.1. The normalized spacial score (nSPS) is 12.2. The Hall–Kier alpha value is -8.71. The molecule has 0 saturated carbocycles. The number of para-hydroxylation sites is 3. The molecule has 0 amide bonds. The number of nitrogens with zero attached hydrogens (tertiary/aromatic N) is 4. The van der Waals surface area contributed by atoms with E-state index in [4.69, 9.17) is 19.4 Å². The molecule has 0 saturated heterocycles. The number of rotatable bonds is 5. The molecule has 0 N–H and O–H groups in total. The molecule has 67 heavy (non-hydrogen) atoms. The third-order valence-electron chi connectivity index (χ3n) is 13.8. The van der Waals surface area contributed by atoms with E-state index in [0.29, 0.717) is 17.5 Å². The molecule has 0 unspecified atom stereocenters. The maximum Gasteiger partial charge on any atom is 0.164 e. The highest BCUT2D eigenvalue weighted by molar-refractivity contribution is 7.26. The summed E-state index contributed by atoms with van der Waals surface area (Å²) in [5, 5.41) is 12.2. The topological polar surface area (TPSA) is 56.2 Å². The Morgan fingerprint density at radius 2 is 0.910 bits per heavy atom. The predicted octanol–water partition coefficient (Wildman–Crippen LogP) is 16.8. The molecule has 0 aliphatic rings. The van der Waals surface area contributed by atoms with Gasteiger partial charge in [0.2, 0.25) is 0 Å². The van der Waals surface area contributed by atoms with Gasteiger partial charge in [0.05, 0.1) is 16.6 Å². The maximum absolute atomic E-state index is 6.19. The van der Waals surface area contributed by atoms with Crippen LogP contribution >= 0.6 is 11.3 Å². The number of thiophene rings is 1. The van der Waals surface area contributed by atoms with Crippen molar-refractivity contribution in [2.75, 3.05) is 0 Å². The summed E-state index contributed by atoms with van der Waals surface area (Å²) in [6, 6.07) is 73.7. The van der Waals surface area contributed by atoms with Gasteiger partial charge in [0, 0.05) is 63.8 Å². The van der Waals surface area contributed by atoms with Crippen LogP contribution in [-0.4, -0.2) is 19.4 Å². The molecule has 10 aromatic carbocycles. The molecule has 0 spiro atoms. The van der Waals surface area contributed by atoms with Gasteiger partial charge in [-0.3, -0.25) is 0 Å². The van der Waals surface area contributed by atoms with Crippen molar-refractivity contribution in [1.29, 1.82) is 0 Å². The molecule has 0 aliphatic carbocycles. The van der Waals surface area contributed by atoms with Crippen molar-refractivity contribution in [2.24, 2.45) is 0 Å². The van der Waals surface area contributed by atoms with Crippen LogP contribution in [0.3, 0.4) is 0 Å². The summed E-state index contributed by atoms with van der Waals surface area (Å²) in [5.41, 5.74) is 12.9. The Kier molecular flexibility index (Phi) is 7.59. The lowest BCUT2D eigenvalue weighted by Crippen LogP contribution is -2.00. The summed E-state index contributed by atoms with van der Waals surface area (Å²) >= 11 is 1.90. The Morgan fingerprint density at radius 1 is 0.358 bits per heavy atom. The van der Waals surface area contributed by atoms with E-state index in [1.54, 1.807) is 0 Å². The van der Waals surface area contributed by atoms with Crippen molar-refractivity contribution in [1.82, 2.24) is 19.4 Å². The second-order valence-corrected chi connectivity index (χ2v) is 18.6. The Balaban J connectivity index is 0.875. The predicted molar refractivity (Wildman–Crippen MR) is 279 cm³/mol. The Bertz CT molecular complexity index is 4510. The number of furan rings is 1. The summed E-state index contributed by atoms with van der Waals surface area (Å²) in [6.07, 6.45) is 0. The number of hydrogen-bond donors (Lipinski definition) is 0. The molecule has 0 bridgehead atoms.